The predicted octanol–water partition coefficient (Wildman–Crippen LogP) is 5.35. The van der Waals surface area contributed by atoms with Crippen molar-refractivity contribution < 1.29 is 9.53 Å². The number of hydrogen-bond donors (Lipinski definition) is 0. The van der Waals surface area contributed by atoms with Gasteiger partial charge in [0.15, 0.2) is 6.04 Å². The molecule has 0 fully saturated rings. The smallest absolute Gasteiger partial charge is 0.280 e. The van der Waals surface area contributed by atoms with Crippen LogP contribution >= 0.6 is 0 Å². The molecule has 1 aliphatic heterocycles. The summed E-state index contributed by atoms with van der Waals surface area (Å²) >= 11 is 0. The Kier molecular flexibility index (Phi) is 4.93. The van der Waals surface area contributed by atoms with Crippen molar-refractivity contribution in [2.45, 2.75) is 13.0 Å². The van der Waals surface area contributed by atoms with E-state index in [1.54, 1.807) is 19.1 Å². The molecule has 0 spiro atoms. The van der Waals surface area contributed by atoms with Gasteiger partial charge in [-0.2, -0.15) is 20.3 Å². The number of amides is 1. The largest absolute Gasteiger partial charge is 0.457 e. The van der Waals surface area contributed by atoms with E-state index in [-0.39, 0.29) is 5.91 Å². The van der Waals surface area contributed by atoms with E-state index in [9.17, 15) is 4.79 Å². The highest BCUT2D eigenvalue weighted by atomic mass is 16.5. The topological polar surface area (TPSA) is 66.6 Å². The lowest BCUT2D eigenvalue weighted by Crippen LogP contribution is -2.29. The molecular weight excluding hydrogens is 352 g/mol. The van der Waals surface area contributed by atoms with Gasteiger partial charge in [-0.1, -0.05) is 36.4 Å². The Balaban J connectivity index is 1.44. The lowest BCUT2D eigenvalue weighted by Gasteiger charge is -2.11. The van der Waals surface area contributed by atoms with Gasteiger partial charge >= 0.3 is 0 Å². The summed E-state index contributed by atoms with van der Waals surface area (Å²) in [6.45, 7) is 1.78. The number of benzene rings is 3. The molecule has 1 atom stereocenters. The Morgan fingerprint density at radius 1 is 0.857 bits per heavy atom. The Morgan fingerprint density at radius 3 is 2.14 bits per heavy atom. The van der Waals surface area contributed by atoms with E-state index in [4.69, 9.17) is 4.74 Å². The molecule has 0 saturated carbocycles. The Labute approximate surface area is 162 Å². The van der Waals surface area contributed by atoms with E-state index >= 15 is 0 Å². The van der Waals surface area contributed by atoms with Crippen molar-refractivity contribution in [3.63, 3.8) is 0 Å². The molecule has 6 nitrogen and oxygen atoms in total. The third-order valence-electron chi connectivity index (χ3n) is 4.20. The van der Waals surface area contributed by atoms with Crippen molar-refractivity contribution >= 4 is 23.0 Å². The van der Waals surface area contributed by atoms with Gasteiger partial charge in [0.25, 0.3) is 5.91 Å². The molecule has 0 aromatic heterocycles. The molecule has 3 aromatic carbocycles. The fourth-order valence-corrected chi connectivity index (χ4v) is 2.77. The van der Waals surface area contributed by atoms with Crippen molar-refractivity contribution in [1.82, 2.24) is 0 Å². The van der Waals surface area contributed by atoms with Crippen LogP contribution in [0, 0.1) is 0 Å². The zero-order valence-electron chi connectivity index (χ0n) is 15.3. The molecule has 138 valence electrons. The molecule has 4 rings (SSSR count). The zero-order valence-corrected chi connectivity index (χ0v) is 15.3. The lowest BCUT2D eigenvalue weighted by atomic mass is 10.2. The van der Waals surface area contributed by atoms with Gasteiger partial charge < -0.3 is 4.74 Å². The summed E-state index contributed by atoms with van der Waals surface area (Å²) in [5, 5.41) is 14.1. The molecule has 6 heteroatoms. The summed E-state index contributed by atoms with van der Waals surface area (Å²) in [4.78, 5) is 12.6. The zero-order chi connectivity index (χ0) is 19.3. The molecule has 1 amide bonds. The molecule has 0 saturated heterocycles. The molecule has 28 heavy (non-hydrogen) atoms. The van der Waals surface area contributed by atoms with E-state index in [0.29, 0.717) is 22.8 Å². The van der Waals surface area contributed by atoms with E-state index in [1.807, 2.05) is 72.8 Å². The van der Waals surface area contributed by atoms with Crippen LogP contribution in [0.2, 0.25) is 0 Å². The summed E-state index contributed by atoms with van der Waals surface area (Å²) in [5.74, 6) is 1.26. The lowest BCUT2D eigenvalue weighted by molar-refractivity contribution is -0.117. The average molecular weight is 370 g/mol. The van der Waals surface area contributed by atoms with Gasteiger partial charge in [-0.3, -0.25) is 4.79 Å². The fraction of sp³-hybridized carbons (Fsp3) is 0.0909. The highest BCUT2D eigenvalue weighted by Gasteiger charge is 2.34. The predicted molar refractivity (Wildman–Crippen MR) is 108 cm³/mol. The normalized spacial score (nSPS) is 16.5. The summed E-state index contributed by atoms with van der Waals surface area (Å²) in [6.07, 6.45) is 0. The first kappa shape index (κ1) is 17.6. The molecule has 0 aliphatic carbocycles. The van der Waals surface area contributed by atoms with Crippen LogP contribution in [0.3, 0.4) is 0 Å². The Hall–Kier alpha value is -3.80. The maximum absolute atomic E-state index is 12.6. The van der Waals surface area contributed by atoms with Crippen LogP contribution in [-0.2, 0) is 4.79 Å². The van der Waals surface area contributed by atoms with Crippen LogP contribution in [-0.4, -0.2) is 17.7 Å². The quantitative estimate of drug-likeness (QED) is 0.568. The molecule has 0 radical (unpaired) electrons. The van der Waals surface area contributed by atoms with Gasteiger partial charge in [0, 0.05) is 0 Å². The summed E-state index contributed by atoms with van der Waals surface area (Å²) in [7, 11) is 0. The van der Waals surface area contributed by atoms with Crippen LogP contribution in [0.25, 0.3) is 0 Å². The second-order valence-corrected chi connectivity index (χ2v) is 6.25. The van der Waals surface area contributed by atoms with Crippen LogP contribution in [0.5, 0.6) is 11.5 Å². The van der Waals surface area contributed by atoms with Gasteiger partial charge in [-0.25, -0.2) is 0 Å². The van der Waals surface area contributed by atoms with Crippen molar-refractivity contribution in [3.8, 4) is 11.5 Å². The van der Waals surface area contributed by atoms with Gasteiger partial charge in [0.05, 0.1) is 17.1 Å². The van der Waals surface area contributed by atoms with Gasteiger partial charge in [0.2, 0.25) is 0 Å². The number of hydrogen-bond acceptors (Lipinski definition) is 5. The third kappa shape index (κ3) is 3.81. The number of ether oxygens (including phenoxy) is 1. The first-order valence-electron chi connectivity index (χ1n) is 8.89. The van der Waals surface area contributed by atoms with E-state index in [2.05, 4.69) is 15.3 Å². The maximum Gasteiger partial charge on any atom is 0.280 e. The Bertz CT molecular complexity index is 1020. The maximum atomic E-state index is 12.6. The highest BCUT2D eigenvalue weighted by Crippen LogP contribution is 2.26. The first-order chi connectivity index (χ1) is 13.7. The average Bonchev–Trinajstić information content (AvgIpc) is 3.02. The third-order valence-corrected chi connectivity index (χ3v) is 4.20. The number of para-hydroxylation sites is 2. The first-order valence-corrected chi connectivity index (χ1v) is 8.89. The number of azo groups is 1. The molecule has 1 aliphatic rings. The summed E-state index contributed by atoms with van der Waals surface area (Å²) in [6, 6.07) is 25.3. The molecule has 1 unspecified atom stereocenters. The fourth-order valence-electron chi connectivity index (χ4n) is 2.77. The number of carbonyl (C=O) groups is 1. The summed E-state index contributed by atoms with van der Waals surface area (Å²) < 4.78 is 5.76. The van der Waals surface area contributed by atoms with Crippen molar-refractivity contribution in [2.24, 2.45) is 15.3 Å². The van der Waals surface area contributed by atoms with Crippen molar-refractivity contribution in [3.05, 3.63) is 84.9 Å². The molecule has 3 aromatic rings. The van der Waals surface area contributed by atoms with E-state index < -0.39 is 6.04 Å². The van der Waals surface area contributed by atoms with Gasteiger partial charge in [0.1, 0.15) is 11.5 Å². The highest BCUT2D eigenvalue weighted by molar-refractivity contribution is 6.18. The molecular formula is C22H18N4O2. The van der Waals surface area contributed by atoms with Crippen LogP contribution in [0.4, 0.5) is 11.4 Å². The number of nitrogens with zero attached hydrogens (tertiary/aromatic N) is 4. The minimum absolute atomic E-state index is 0.212. The van der Waals surface area contributed by atoms with Gasteiger partial charge in [-0.05, 0) is 55.5 Å². The Morgan fingerprint density at radius 2 is 1.46 bits per heavy atom. The van der Waals surface area contributed by atoms with Crippen LogP contribution in [0.1, 0.15) is 6.92 Å². The minimum atomic E-state index is -0.708. The SMILES string of the molecule is CC1=NN(c2ccccc2)C(=O)C1N=Nc1ccc(Oc2ccccc2)cc1. The summed E-state index contributed by atoms with van der Waals surface area (Å²) in [5.41, 5.74) is 1.97. The molecule has 0 N–H and O–H groups in total. The van der Waals surface area contributed by atoms with E-state index in [0.717, 1.165) is 5.75 Å². The number of anilines is 1. The van der Waals surface area contributed by atoms with Crippen LogP contribution in [0.15, 0.2) is 100 Å². The van der Waals surface area contributed by atoms with E-state index in [1.165, 1.54) is 5.01 Å². The second-order valence-electron chi connectivity index (χ2n) is 6.25. The van der Waals surface area contributed by atoms with Crippen LogP contribution < -0.4 is 9.75 Å². The van der Waals surface area contributed by atoms with Gasteiger partial charge in [-0.15, -0.1) is 0 Å². The number of rotatable bonds is 5. The monoisotopic (exact) mass is 370 g/mol. The molecule has 1 heterocycles. The minimum Gasteiger partial charge on any atom is -0.457 e. The molecule has 0 bridgehead atoms. The van der Waals surface area contributed by atoms with Crippen molar-refractivity contribution in [2.75, 3.05) is 5.01 Å². The number of carbonyl (C=O) groups excluding carboxylic acids is 1. The number of hydrazone groups is 1. The standard InChI is InChI=1S/C22H18N4O2/c1-16-21(22(27)26(25-16)18-8-4-2-5-9-18)24-23-17-12-14-20(15-13-17)28-19-10-6-3-7-11-19/h2-15,21H,1H3. The second kappa shape index (κ2) is 7.84. The van der Waals surface area contributed by atoms with Crippen molar-refractivity contribution in [1.29, 1.82) is 0 Å².